The van der Waals surface area contributed by atoms with Crippen LogP contribution in [0.2, 0.25) is 0 Å². The van der Waals surface area contributed by atoms with E-state index in [1.54, 1.807) is 6.20 Å². The van der Waals surface area contributed by atoms with Gasteiger partial charge in [-0.2, -0.15) is 13.2 Å². The molecule has 1 unspecified atom stereocenters. The number of rotatable bonds is 0. The normalized spacial score (nSPS) is 20.1. The molecule has 0 saturated carbocycles. The Bertz CT molecular complexity index is 556. The molecule has 0 aliphatic carbocycles. The van der Waals surface area contributed by atoms with Crippen molar-refractivity contribution >= 4 is 16.6 Å². The van der Waals surface area contributed by atoms with Gasteiger partial charge in [0.1, 0.15) is 6.04 Å². The number of aromatic nitrogens is 1. The number of aromatic amines is 1. The largest absolute Gasteiger partial charge is 0.408 e. The Morgan fingerprint density at radius 3 is 2.76 bits per heavy atom. The van der Waals surface area contributed by atoms with Crippen molar-refractivity contribution in [2.45, 2.75) is 25.1 Å². The zero-order valence-corrected chi connectivity index (χ0v) is 8.93. The van der Waals surface area contributed by atoms with Crippen molar-refractivity contribution < 1.29 is 13.2 Å². The first-order valence-electron chi connectivity index (χ1n) is 5.48. The minimum atomic E-state index is -4.19. The third-order valence-electron chi connectivity index (χ3n) is 3.23. The summed E-state index contributed by atoms with van der Waals surface area (Å²) >= 11 is 0. The number of nitrogens with one attached hydrogen (secondary N) is 2. The minimum absolute atomic E-state index is 0.0999. The van der Waals surface area contributed by atoms with E-state index < -0.39 is 12.2 Å². The average molecular weight is 240 g/mol. The Balaban J connectivity index is 2.08. The zero-order chi connectivity index (χ0) is 12.0. The lowest BCUT2D eigenvalue weighted by atomic mass is 9.96. The summed E-state index contributed by atoms with van der Waals surface area (Å²) in [6.45, 7) is 0. The summed E-state index contributed by atoms with van der Waals surface area (Å²) in [5, 5.41) is 3.54. The molecule has 1 atom stereocenters. The molecular weight excluding hydrogens is 229 g/mol. The lowest BCUT2D eigenvalue weighted by Crippen LogP contribution is -2.39. The van der Waals surface area contributed by atoms with Crippen molar-refractivity contribution in [2.75, 3.05) is 5.32 Å². The molecule has 2 N–H and O–H groups in total. The van der Waals surface area contributed by atoms with Crippen molar-refractivity contribution in [1.82, 2.24) is 4.98 Å². The number of fused-ring (bicyclic) bond motifs is 3. The molecule has 0 radical (unpaired) electrons. The minimum Gasteiger partial charge on any atom is -0.372 e. The highest BCUT2D eigenvalue weighted by Crippen LogP contribution is 2.36. The summed E-state index contributed by atoms with van der Waals surface area (Å²) in [5.41, 5.74) is 2.30. The summed E-state index contributed by atoms with van der Waals surface area (Å²) in [7, 11) is 0. The predicted molar refractivity (Wildman–Crippen MR) is 60.1 cm³/mol. The van der Waals surface area contributed by atoms with Crippen LogP contribution in [0.5, 0.6) is 0 Å². The summed E-state index contributed by atoms with van der Waals surface area (Å²) in [6.07, 6.45) is -1.89. The lowest BCUT2D eigenvalue weighted by molar-refractivity contribution is -0.144. The molecule has 2 aromatic rings. The number of aryl methyl sites for hydroxylation is 1. The summed E-state index contributed by atoms with van der Waals surface area (Å²) in [5.74, 6) is 0. The fourth-order valence-corrected chi connectivity index (χ4v) is 2.34. The highest BCUT2D eigenvalue weighted by molar-refractivity contribution is 5.93. The van der Waals surface area contributed by atoms with Gasteiger partial charge in [0.05, 0.1) is 11.2 Å². The van der Waals surface area contributed by atoms with Gasteiger partial charge in [-0.3, -0.25) is 0 Å². The smallest absolute Gasteiger partial charge is 0.372 e. The monoisotopic (exact) mass is 240 g/mol. The van der Waals surface area contributed by atoms with Crippen LogP contribution in [-0.4, -0.2) is 17.2 Å². The third-order valence-corrected chi connectivity index (χ3v) is 3.23. The fourth-order valence-electron chi connectivity index (χ4n) is 2.34. The molecule has 90 valence electrons. The highest BCUT2D eigenvalue weighted by Gasteiger charge is 2.41. The molecule has 0 saturated heterocycles. The second kappa shape index (κ2) is 3.42. The van der Waals surface area contributed by atoms with Crippen LogP contribution in [-0.2, 0) is 6.42 Å². The topological polar surface area (TPSA) is 27.8 Å². The molecule has 1 aliphatic heterocycles. The van der Waals surface area contributed by atoms with Crippen LogP contribution in [0.3, 0.4) is 0 Å². The van der Waals surface area contributed by atoms with Gasteiger partial charge in [0, 0.05) is 11.6 Å². The molecule has 0 fully saturated rings. The van der Waals surface area contributed by atoms with Gasteiger partial charge in [0.15, 0.2) is 0 Å². The van der Waals surface area contributed by atoms with Gasteiger partial charge < -0.3 is 10.3 Å². The van der Waals surface area contributed by atoms with E-state index in [1.807, 2.05) is 18.2 Å². The van der Waals surface area contributed by atoms with Gasteiger partial charge in [-0.05, 0) is 24.5 Å². The summed E-state index contributed by atoms with van der Waals surface area (Å²) in [4.78, 5) is 2.99. The number of alkyl halides is 3. The Hall–Kier alpha value is -1.65. The maximum absolute atomic E-state index is 12.7. The maximum Gasteiger partial charge on any atom is 0.408 e. The molecule has 5 heteroatoms. The van der Waals surface area contributed by atoms with E-state index in [2.05, 4.69) is 10.3 Å². The van der Waals surface area contributed by atoms with Gasteiger partial charge >= 0.3 is 6.18 Å². The van der Waals surface area contributed by atoms with E-state index in [0.29, 0.717) is 12.1 Å². The van der Waals surface area contributed by atoms with Crippen LogP contribution in [0, 0.1) is 0 Å². The Kier molecular flexibility index (Phi) is 2.11. The van der Waals surface area contributed by atoms with Crippen LogP contribution < -0.4 is 5.32 Å². The van der Waals surface area contributed by atoms with Crippen LogP contribution in [0.25, 0.3) is 10.9 Å². The number of hydrogen-bond acceptors (Lipinski definition) is 1. The Labute approximate surface area is 95.8 Å². The molecule has 17 heavy (non-hydrogen) atoms. The molecule has 1 aromatic carbocycles. The summed E-state index contributed by atoms with van der Waals surface area (Å²) < 4.78 is 38.1. The number of H-pyrrole nitrogens is 1. The molecule has 1 aromatic heterocycles. The van der Waals surface area contributed by atoms with Crippen LogP contribution in [0.15, 0.2) is 24.4 Å². The molecular formula is C12H11F3N2. The Morgan fingerprint density at radius 2 is 2.00 bits per heavy atom. The molecule has 2 nitrogen and oxygen atoms in total. The van der Waals surface area contributed by atoms with Crippen molar-refractivity contribution in [3.05, 3.63) is 30.0 Å². The van der Waals surface area contributed by atoms with Gasteiger partial charge in [0.25, 0.3) is 0 Å². The average Bonchev–Trinajstić information content (AvgIpc) is 2.75. The van der Waals surface area contributed by atoms with Crippen LogP contribution >= 0.6 is 0 Å². The number of anilines is 1. The van der Waals surface area contributed by atoms with Crippen LogP contribution in [0.4, 0.5) is 18.9 Å². The van der Waals surface area contributed by atoms with Crippen molar-refractivity contribution in [1.29, 1.82) is 0 Å². The molecule has 2 heterocycles. The van der Waals surface area contributed by atoms with Crippen molar-refractivity contribution in [3.8, 4) is 0 Å². The SMILES string of the molecule is FC(F)(F)C1CCc2ccc3cc[nH]c3c2N1. The quantitative estimate of drug-likeness (QED) is 0.725. The number of benzene rings is 1. The lowest BCUT2D eigenvalue weighted by Gasteiger charge is -2.29. The van der Waals surface area contributed by atoms with Gasteiger partial charge in [-0.25, -0.2) is 0 Å². The number of hydrogen-bond donors (Lipinski definition) is 2. The standard InChI is InChI=1S/C12H11F3N2/c13-12(14,15)9-4-3-7-1-2-8-5-6-16-10(8)11(7)17-9/h1-2,5-6,9,16-17H,3-4H2. The molecule has 0 spiro atoms. The second-order valence-corrected chi connectivity index (χ2v) is 4.32. The first kappa shape index (κ1) is 10.5. The van der Waals surface area contributed by atoms with Crippen molar-refractivity contribution in [3.63, 3.8) is 0 Å². The van der Waals surface area contributed by atoms with E-state index in [9.17, 15) is 13.2 Å². The molecule has 0 bridgehead atoms. The second-order valence-electron chi connectivity index (χ2n) is 4.32. The third kappa shape index (κ3) is 1.66. The van der Waals surface area contributed by atoms with E-state index in [1.165, 1.54) is 0 Å². The van der Waals surface area contributed by atoms with E-state index >= 15 is 0 Å². The van der Waals surface area contributed by atoms with Crippen LogP contribution in [0.1, 0.15) is 12.0 Å². The van der Waals surface area contributed by atoms with E-state index in [0.717, 1.165) is 16.5 Å². The number of halogens is 3. The van der Waals surface area contributed by atoms with Crippen molar-refractivity contribution in [2.24, 2.45) is 0 Å². The van der Waals surface area contributed by atoms with E-state index in [4.69, 9.17) is 0 Å². The fraction of sp³-hybridized carbons (Fsp3) is 0.333. The van der Waals surface area contributed by atoms with Gasteiger partial charge in [0.2, 0.25) is 0 Å². The molecule has 3 rings (SSSR count). The highest BCUT2D eigenvalue weighted by atomic mass is 19.4. The Morgan fingerprint density at radius 1 is 1.18 bits per heavy atom. The molecule has 1 aliphatic rings. The molecule has 0 amide bonds. The van der Waals surface area contributed by atoms with Gasteiger partial charge in [-0.1, -0.05) is 12.1 Å². The van der Waals surface area contributed by atoms with Gasteiger partial charge in [-0.15, -0.1) is 0 Å². The predicted octanol–water partition coefficient (Wildman–Crippen LogP) is 3.46. The first-order chi connectivity index (χ1) is 8.05. The maximum atomic E-state index is 12.7. The summed E-state index contributed by atoms with van der Waals surface area (Å²) in [6, 6.07) is 4.24. The first-order valence-corrected chi connectivity index (χ1v) is 5.48. The van der Waals surface area contributed by atoms with E-state index in [-0.39, 0.29) is 6.42 Å². The zero-order valence-electron chi connectivity index (χ0n) is 8.93.